The molecule has 0 aliphatic heterocycles. The van der Waals surface area contributed by atoms with Crippen molar-refractivity contribution in [3.63, 3.8) is 0 Å². The summed E-state index contributed by atoms with van der Waals surface area (Å²) >= 11 is 0. The number of benzene rings is 2. The Bertz CT molecular complexity index is 1030. The average molecular weight is 390 g/mol. The first kappa shape index (κ1) is 21.1. The molecule has 0 unspecified atom stereocenters. The van der Waals surface area contributed by atoms with Crippen LogP contribution < -0.4 is 14.8 Å². The minimum atomic E-state index is -1.19. The number of carbonyl (C=O) groups is 2. The molecule has 0 bridgehead atoms. The second kappa shape index (κ2) is 10.2. The summed E-state index contributed by atoms with van der Waals surface area (Å²) in [6, 6.07) is 12.6. The van der Waals surface area contributed by atoms with Gasteiger partial charge in [0.2, 0.25) is 0 Å². The predicted octanol–water partition coefficient (Wildman–Crippen LogP) is 3.34. The van der Waals surface area contributed by atoms with Crippen molar-refractivity contribution in [2.75, 3.05) is 18.5 Å². The number of hydrogen-bond donors (Lipinski definition) is 2. The Morgan fingerprint density at radius 2 is 1.97 bits per heavy atom. The molecule has 0 atom stereocenters. The number of rotatable bonds is 8. The molecule has 7 heteroatoms. The van der Waals surface area contributed by atoms with Gasteiger partial charge in [0, 0.05) is 0 Å². The fourth-order valence-corrected chi connectivity index (χ4v) is 2.40. The number of nitrogens with one attached hydrogen (secondary N) is 1. The number of amides is 1. The van der Waals surface area contributed by atoms with Crippen LogP contribution in [-0.4, -0.2) is 30.2 Å². The molecule has 0 aromatic heterocycles. The number of carbonyl (C=O) groups excluding carboxylic acids is 1. The van der Waals surface area contributed by atoms with E-state index in [2.05, 4.69) is 11.2 Å². The van der Waals surface area contributed by atoms with E-state index < -0.39 is 11.9 Å². The molecule has 7 nitrogen and oxygen atoms in total. The Kier molecular flexibility index (Phi) is 7.41. The first-order valence-corrected chi connectivity index (χ1v) is 8.58. The van der Waals surface area contributed by atoms with Crippen molar-refractivity contribution < 1.29 is 24.2 Å². The van der Waals surface area contributed by atoms with Crippen LogP contribution in [0.5, 0.6) is 11.5 Å². The van der Waals surface area contributed by atoms with Crippen molar-refractivity contribution >= 4 is 23.6 Å². The van der Waals surface area contributed by atoms with Crippen LogP contribution in [0.2, 0.25) is 0 Å². The Hall–Kier alpha value is -4.23. The smallest absolute Gasteiger partial charge is 0.337 e. The zero-order valence-electron chi connectivity index (χ0n) is 15.6. The summed E-state index contributed by atoms with van der Waals surface area (Å²) in [6.07, 6.45) is 6.56. The van der Waals surface area contributed by atoms with Crippen molar-refractivity contribution in [2.45, 2.75) is 6.92 Å². The van der Waals surface area contributed by atoms with Crippen LogP contribution >= 0.6 is 0 Å². The van der Waals surface area contributed by atoms with Crippen molar-refractivity contribution in [1.29, 1.82) is 5.26 Å². The van der Waals surface area contributed by atoms with Gasteiger partial charge in [-0.2, -0.15) is 5.26 Å². The number of carboxylic acids is 1. The number of anilines is 1. The lowest BCUT2D eigenvalue weighted by Gasteiger charge is -2.11. The van der Waals surface area contributed by atoms with Gasteiger partial charge < -0.3 is 19.9 Å². The molecule has 0 saturated heterocycles. The zero-order chi connectivity index (χ0) is 21.2. The van der Waals surface area contributed by atoms with Gasteiger partial charge >= 0.3 is 5.97 Å². The summed E-state index contributed by atoms with van der Waals surface area (Å²) in [5.74, 6) is 1.31. The maximum Gasteiger partial charge on any atom is 0.337 e. The highest BCUT2D eigenvalue weighted by Gasteiger charge is 2.15. The van der Waals surface area contributed by atoms with E-state index in [1.165, 1.54) is 18.2 Å². The van der Waals surface area contributed by atoms with Crippen LogP contribution in [0.15, 0.2) is 48.0 Å². The number of para-hydroxylation sites is 1. The van der Waals surface area contributed by atoms with Gasteiger partial charge in [-0.05, 0) is 42.8 Å². The quantitative estimate of drug-likeness (QED) is 0.407. The maximum absolute atomic E-state index is 12.5. The van der Waals surface area contributed by atoms with E-state index in [4.69, 9.17) is 15.9 Å². The summed E-state index contributed by atoms with van der Waals surface area (Å²) in [5, 5.41) is 21.0. The minimum absolute atomic E-state index is 0.0735. The monoisotopic (exact) mass is 390 g/mol. The lowest BCUT2D eigenvalue weighted by atomic mass is 10.1. The number of aromatic carboxylic acids is 1. The third-order valence-electron chi connectivity index (χ3n) is 3.66. The fraction of sp³-hybridized carbons (Fsp3) is 0.136. The van der Waals surface area contributed by atoms with Gasteiger partial charge in [-0.3, -0.25) is 4.79 Å². The second-order valence-corrected chi connectivity index (χ2v) is 5.61. The molecule has 0 saturated carbocycles. The first-order valence-electron chi connectivity index (χ1n) is 8.58. The van der Waals surface area contributed by atoms with E-state index >= 15 is 0 Å². The topological polar surface area (TPSA) is 109 Å². The molecule has 2 rings (SSSR count). The standard InChI is InChI=1S/C22H18N2O5/c1-3-11-29-19-10-9-15(13-20(19)28-4-2)12-16(14-23)21(25)24-18-8-6-5-7-17(18)22(26)27/h1,5-10,12-13H,4,11H2,2H3,(H,24,25)(H,26,27)/b16-12+. The Morgan fingerprint density at radius 3 is 2.62 bits per heavy atom. The van der Waals surface area contributed by atoms with E-state index in [1.807, 2.05) is 13.0 Å². The Morgan fingerprint density at radius 1 is 1.21 bits per heavy atom. The lowest BCUT2D eigenvalue weighted by Crippen LogP contribution is -2.16. The van der Waals surface area contributed by atoms with Gasteiger partial charge in [0.05, 0.1) is 17.9 Å². The third kappa shape index (κ3) is 5.62. The molecular formula is C22H18N2O5. The molecule has 0 fully saturated rings. The van der Waals surface area contributed by atoms with Crippen LogP contribution in [0.1, 0.15) is 22.8 Å². The molecule has 0 aliphatic carbocycles. The molecule has 2 aromatic rings. The summed E-state index contributed by atoms with van der Waals surface area (Å²) in [7, 11) is 0. The molecule has 2 N–H and O–H groups in total. The highest BCUT2D eigenvalue weighted by molar-refractivity contribution is 6.11. The predicted molar refractivity (Wildman–Crippen MR) is 108 cm³/mol. The number of hydrogen-bond acceptors (Lipinski definition) is 5. The molecule has 0 radical (unpaired) electrons. The van der Waals surface area contributed by atoms with Gasteiger partial charge in [-0.15, -0.1) is 6.42 Å². The molecule has 29 heavy (non-hydrogen) atoms. The first-order chi connectivity index (χ1) is 14.0. The fourth-order valence-electron chi connectivity index (χ4n) is 2.40. The average Bonchev–Trinajstić information content (AvgIpc) is 2.71. The largest absolute Gasteiger partial charge is 0.490 e. The number of nitriles is 1. The van der Waals surface area contributed by atoms with E-state index in [9.17, 15) is 20.0 Å². The number of carboxylic acid groups (broad SMARTS) is 1. The van der Waals surface area contributed by atoms with E-state index in [0.29, 0.717) is 23.7 Å². The Balaban J connectivity index is 2.30. The van der Waals surface area contributed by atoms with Crippen LogP contribution in [0, 0.1) is 23.7 Å². The molecular weight excluding hydrogens is 372 g/mol. The molecule has 0 heterocycles. The van der Waals surface area contributed by atoms with Gasteiger partial charge in [0.1, 0.15) is 18.2 Å². The van der Waals surface area contributed by atoms with Gasteiger partial charge in [0.15, 0.2) is 11.5 Å². The SMILES string of the molecule is C#CCOc1ccc(/C=C(\C#N)C(=O)Nc2ccccc2C(=O)O)cc1OCC. The Labute approximate surface area is 168 Å². The molecule has 0 spiro atoms. The van der Waals surface area contributed by atoms with Crippen LogP contribution in [0.4, 0.5) is 5.69 Å². The number of ether oxygens (including phenoxy) is 2. The summed E-state index contributed by atoms with van der Waals surface area (Å²) in [5.41, 5.74) is 0.343. The van der Waals surface area contributed by atoms with E-state index in [1.54, 1.807) is 30.3 Å². The second-order valence-electron chi connectivity index (χ2n) is 5.61. The van der Waals surface area contributed by atoms with Gasteiger partial charge in [-0.1, -0.05) is 24.1 Å². The highest BCUT2D eigenvalue weighted by atomic mass is 16.5. The maximum atomic E-state index is 12.5. The van der Waals surface area contributed by atoms with Gasteiger partial charge in [0.25, 0.3) is 5.91 Å². The van der Waals surface area contributed by atoms with Crippen molar-refractivity contribution in [1.82, 2.24) is 0 Å². The third-order valence-corrected chi connectivity index (χ3v) is 3.66. The highest BCUT2D eigenvalue weighted by Crippen LogP contribution is 2.29. The van der Waals surface area contributed by atoms with Crippen molar-refractivity contribution in [3.8, 4) is 29.9 Å². The summed E-state index contributed by atoms with van der Waals surface area (Å²) in [6.45, 7) is 2.27. The van der Waals surface area contributed by atoms with Crippen LogP contribution in [0.3, 0.4) is 0 Å². The van der Waals surface area contributed by atoms with Crippen molar-refractivity contribution in [3.05, 3.63) is 59.2 Å². The lowest BCUT2D eigenvalue weighted by molar-refractivity contribution is -0.112. The van der Waals surface area contributed by atoms with Crippen LogP contribution in [-0.2, 0) is 4.79 Å². The summed E-state index contributed by atoms with van der Waals surface area (Å²) in [4.78, 5) is 23.7. The molecule has 0 aliphatic rings. The summed E-state index contributed by atoms with van der Waals surface area (Å²) < 4.78 is 10.9. The van der Waals surface area contributed by atoms with Crippen molar-refractivity contribution in [2.24, 2.45) is 0 Å². The zero-order valence-corrected chi connectivity index (χ0v) is 15.6. The minimum Gasteiger partial charge on any atom is -0.490 e. The van der Waals surface area contributed by atoms with Crippen LogP contribution in [0.25, 0.3) is 6.08 Å². The number of terminal acetylenes is 1. The molecule has 2 aromatic carbocycles. The van der Waals surface area contributed by atoms with E-state index in [0.717, 1.165) is 0 Å². The van der Waals surface area contributed by atoms with Gasteiger partial charge in [-0.25, -0.2) is 4.79 Å². The van der Waals surface area contributed by atoms with E-state index in [-0.39, 0.29) is 23.4 Å². The number of nitrogens with zero attached hydrogens (tertiary/aromatic N) is 1. The normalized spacial score (nSPS) is 10.4. The molecule has 1 amide bonds. The molecule has 146 valence electrons.